The van der Waals surface area contributed by atoms with Crippen LogP contribution in [0.1, 0.15) is 34.6 Å². The Morgan fingerprint density at radius 3 is 0.743 bits per heavy atom. The second-order valence-corrected chi connectivity index (χ2v) is 16.5. The van der Waals surface area contributed by atoms with Crippen LogP contribution >= 0.6 is 0 Å². The summed E-state index contributed by atoms with van der Waals surface area (Å²) >= 11 is 0. The van der Waals surface area contributed by atoms with Gasteiger partial charge in [-0.1, -0.05) is 99.6 Å². The summed E-state index contributed by atoms with van der Waals surface area (Å²) in [5.41, 5.74) is 3.67. The van der Waals surface area contributed by atoms with Gasteiger partial charge >= 0.3 is 29.8 Å². The third-order valence-electron chi connectivity index (χ3n) is 10.3. The Balaban J connectivity index is 0.000000174. The van der Waals surface area contributed by atoms with Crippen LogP contribution in [0.5, 0.6) is 28.7 Å². The minimum atomic E-state index is -0.452. The van der Waals surface area contributed by atoms with Crippen LogP contribution in [0, 0.1) is 0 Å². The maximum Gasteiger partial charge on any atom is 0.338 e. The fourth-order valence-corrected chi connectivity index (χ4v) is 6.46. The first-order valence-corrected chi connectivity index (χ1v) is 21.8. The highest BCUT2D eigenvalue weighted by atomic mass is 16.6. The molecule has 10 heteroatoms. The van der Waals surface area contributed by atoms with Crippen molar-refractivity contribution in [3.63, 3.8) is 0 Å². The Bertz CT molecular complexity index is 3250. The Hall–Kier alpha value is -9.15. The van der Waals surface area contributed by atoms with E-state index in [1.807, 2.05) is 84.9 Å². The SMILES string of the molecule is C=C(C)C(=O)Oc1ccc(-c2ccc(OC(=O)C(=C)C)cc2)cc1.C=C(C)C(=O)Oc1ccc2cc3cc(OC(=O)C(=C)C)ccc3cc2c1.C=C(C)C(=O)Oc1ccc2cc3ccccc3cc2c1. The molecule has 0 radical (unpaired) electrons. The number of carbonyl (C=O) groups is 5. The zero-order valence-electron chi connectivity index (χ0n) is 39.6. The first kappa shape index (κ1) is 50.3. The fourth-order valence-electron chi connectivity index (χ4n) is 6.46. The van der Waals surface area contributed by atoms with Gasteiger partial charge in [-0.3, -0.25) is 0 Å². The molecule has 0 unspecified atom stereocenters. The first-order valence-electron chi connectivity index (χ1n) is 21.8. The van der Waals surface area contributed by atoms with Gasteiger partial charge in [-0.2, -0.15) is 0 Å². The van der Waals surface area contributed by atoms with E-state index in [2.05, 4.69) is 57.2 Å². The molecule has 0 N–H and O–H groups in total. The summed E-state index contributed by atoms with van der Waals surface area (Å²) in [4.78, 5) is 57.8. The summed E-state index contributed by atoms with van der Waals surface area (Å²) in [5.74, 6) is 0.193. The van der Waals surface area contributed by atoms with Crippen LogP contribution in [-0.2, 0) is 24.0 Å². The molecular formula is C60H50O10. The summed E-state index contributed by atoms with van der Waals surface area (Å²) in [6, 6.07) is 47.1. The van der Waals surface area contributed by atoms with Crippen molar-refractivity contribution in [1.82, 2.24) is 0 Å². The Morgan fingerprint density at radius 2 is 0.486 bits per heavy atom. The summed E-state index contributed by atoms with van der Waals surface area (Å²) in [6.45, 7) is 25.9. The molecule has 0 aliphatic heterocycles. The number of carbonyl (C=O) groups excluding carboxylic acids is 5. The molecule has 70 heavy (non-hydrogen) atoms. The van der Waals surface area contributed by atoms with Gasteiger partial charge in [-0.25, -0.2) is 24.0 Å². The van der Waals surface area contributed by atoms with Gasteiger partial charge in [0.2, 0.25) is 0 Å². The second-order valence-electron chi connectivity index (χ2n) is 16.5. The van der Waals surface area contributed by atoms with Gasteiger partial charge in [-0.15, -0.1) is 0 Å². The normalized spacial score (nSPS) is 10.4. The van der Waals surface area contributed by atoms with Crippen molar-refractivity contribution in [2.45, 2.75) is 34.6 Å². The van der Waals surface area contributed by atoms with E-state index in [0.29, 0.717) is 56.6 Å². The number of fused-ring (bicyclic) bond motifs is 4. The largest absolute Gasteiger partial charge is 0.423 e. The molecule has 0 aromatic heterocycles. The van der Waals surface area contributed by atoms with Crippen LogP contribution in [-0.4, -0.2) is 29.8 Å². The molecule has 8 rings (SSSR count). The topological polar surface area (TPSA) is 132 Å². The average Bonchev–Trinajstić information content (AvgIpc) is 3.33. The van der Waals surface area contributed by atoms with Crippen LogP contribution in [0.3, 0.4) is 0 Å². The van der Waals surface area contributed by atoms with Crippen molar-refractivity contribution in [3.05, 3.63) is 212 Å². The maximum atomic E-state index is 11.7. The van der Waals surface area contributed by atoms with Gasteiger partial charge in [0.1, 0.15) is 28.7 Å². The van der Waals surface area contributed by atoms with Gasteiger partial charge in [-0.05, 0) is 174 Å². The number of esters is 5. The van der Waals surface area contributed by atoms with Crippen LogP contribution in [0.15, 0.2) is 212 Å². The van der Waals surface area contributed by atoms with E-state index >= 15 is 0 Å². The van der Waals surface area contributed by atoms with Crippen molar-refractivity contribution in [2.75, 3.05) is 0 Å². The van der Waals surface area contributed by atoms with E-state index < -0.39 is 29.8 Å². The van der Waals surface area contributed by atoms with E-state index in [1.54, 1.807) is 77.1 Å². The lowest BCUT2D eigenvalue weighted by molar-refractivity contribution is -0.130. The third kappa shape index (κ3) is 13.5. The number of hydrogen-bond donors (Lipinski definition) is 0. The van der Waals surface area contributed by atoms with Gasteiger partial charge in [0.05, 0.1) is 0 Å². The van der Waals surface area contributed by atoms with Crippen LogP contribution in [0.2, 0.25) is 0 Å². The molecule has 0 aliphatic carbocycles. The van der Waals surface area contributed by atoms with Gasteiger partial charge in [0.15, 0.2) is 0 Å². The molecule has 0 atom stereocenters. The molecule has 0 heterocycles. The summed E-state index contributed by atoms with van der Waals surface area (Å²) in [5, 5.41) is 8.39. The van der Waals surface area contributed by atoms with Crippen LogP contribution in [0.4, 0.5) is 0 Å². The second kappa shape index (κ2) is 22.6. The smallest absolute Gasteiger partial charge is 0.338 e. The van der Waals surface area contributed by atoms with E-state index in [9.17, 15) is 24.0 Å². The predicted molar refractivity (Wildman–Crippen MR) is 277 cm³/mol. The number of hydrogen-bond acceptors (Lipinski definition) is 10. The van der Waals surface area contributed by atoms with Crippen molar-refractivity contribution in [2.24, 2.45) is 0 Å². The molecule has 8 aromatic rings. The summed E-state index contributed by atoms with van der Waals surface area (Å²) in [6.07, 6.45) is 0. The average molecular weight is 931 g/mol. The molecule has 0 bridgehead atoms. The zero-order valence-corrected chi connectivity index (χ0v) is 39.6. The molecule has 0 saturated carbocycles. The quantitative estimate of drug-likeness (QED) is 0.0534. The van der Waals surface area contributed by atoms with Crippen molar-refractivity contribution in [3.8, 4) is 39.9 Å². The molecule has 0 aliphatic rings. The molecule has 0 fully saturated rings. The maximum absolute atomic E-state index is 11.7. The van der Waals surface area contributed by atoms with E-state index in [-0.39, 0.29) is 0 Å². The van der Waals surface area contributed by atoms with E-state index in [4.69, 9.17) is 23.7 Å². The molecule has 0 saturated heterocycles. The molecule has 10 nitrogen and oxygen atoms in total. The molecule has 350 valence electrons. The lowest BCUT2D eigenvalue weighted by Crippen LogP contribution is -2.08. The fraction of sp³-hybridized carbons (Fsp3) is 0.0833. The first-order chi connectivity index (χ1) is 33.3. The number of rotatable bonds is 11. The van der Waals surface area contributed by atoms with Crippen molar-refractivity contribution in [1.29, 1.82) is 0 Å². The van der Waals surface area contributed by atoms with Crippen molar-refractivity contribution >= 4 is 72.9 Å². The van der Waals surface area contributed by atoms with Gasteiger partial charge in [0, 0.05) is 27.9 Å². The summed E-state index contributed by atoms with van der Waals surface area (Å²) < 4.78 is 26.1. The van der Waals surface area contributed by atoms with Gasteiger partial charge < -0.3 is 23.7 Å². The molecule has 0 amide bonds. The Kier molecular flexibility index (Phi) is 16.2. The zero-order chi connectivity index (χ0) is 50.6. The Morgan fingerprint density at radius 1 is 0.271 bits per heavy atom. The lowest BCUT2D eigenvalue weighted by atomic mass is 10.0. The molecule has 8 aromatic carbocycles. The van der Waals surface area contributed by atoms with E-state index in [1.165, 1.54) is 10.8 Å². The highest BCUT2D eigenvalue weighted by Crippen LogP contribution is 2.31. The van der Waals surface area contributed by atoms with Crippen LogP contribution in [0.25, 0.3) is 54.2 Å². The van der Waals surface area contributed by atoms with E-state index in [0.717, 1.165) is 43.4 Å². The number of ether oxygens (including phenoxy) is 5. The monoisotopic (exact) mass is 930 g/mol. The standard InChI is InChI=1S/C22H18O4.C20H18O4.C18H14O2/c1-13(2)21(23)25-19-7-5-15-10-18-12-20(26-22(24)14(3)4)8-6-16(18)9-17(15)11-19;1-13(2)19(21)23-17-9-5-15(6-10-17)16-7-11-18(12-8-16)24-20(22)14(3)4;1-12(2)18(19)20-17-8-7-15-9-13-5-3-4-6-14(13)10-16(15)11-17/h5-12H,1,3H2,2,4H3;5-12H,1,3H2,2,4H3;3-11H,1H2,2H3. The minimum Gasteiger partial charge on any atom is -0.423 e. The minimum absolute atomic E-state index is 0.346. The highest BCUT2D eigenvalue weighted by molar-refractivity contribution is 6.01. The summed E-state index contributed by atoms with van der Waals surface area (Å²) in [7, 11) is 0. The third-order valence-corrected chi connectivity index (χ3v) is 10.3. The Labute approximate surface area is 406 Å². The highest BCUT2D eigenvalue weighted by Gasteiger charge is 2.11. The lowest BCUT2D eigenvalue weighted by Gasteiger charge is -2.08. The molecular weight excluding hydrogens is 881 g/mol. The predicted octanol–water partition coefficient (Wildman–Crippen LogP) is 13.7. The molecule has 0 spiro atoms. The van der Waals surface area contributed by atoms with Crippen molar-refractivity contribution < 1.29 is 47.7 Å². The van der Waals surface area contributed by atoms with Crippen LogP contribution < -0.4 is 23.7 Å². The number of benzene rings is 8. The van der Waals surface area contributed by atoms with Gasteiger partial charge in [0.25, 0.3) is 0 Å².